The van der Waals surface area contributed by atoms with Gasteiger partial charge in [-0.3, -0.25) is 9.48 Å². The zero-order valence-electron chi connectivity index (χ0n) is 16.3. The number of rotatable bonds is 5. The summed E-state index contributed by atoms with van der Waals surface area (Å²) in [6, 6.07) is 8.61. The summed E-state index contributed by atoms with van der Waals surface area (Å²) in [7, 11) is -1.94. The highest BCUT2D eigenvalue weighted by Crippen LogP contribution is 2.24. The van der Waals surface area contributed by atoms with E-state index in [1.54, 1.807) is 60.2 Å². The minimum atomic E-state index is -3.70. The van der Waals surface area contributed by atoms with E-state index in [0.29, 0.717) is 30.8 Å². The molecule has 3 heterocycles. The van der Waals surface area contributed by atoms with Gasteiger partial charge in [-0.25, -0.2) is 13.1 Å². The Hall–Kier alpha value is -2.91. The Bertz CT molecular complexity index is 1160. The van der Waals surface area contributed by atoms with Crippen molar-refractivity contribution in [3.63, 3.8) is 0 Å². The van der Waals surface area contributed by atoms with Crippen molar-refractivity contribution in [1.29, 1.82) is 0 Å². The molecule has 1 N–H and O–H groups in total. The average molecular weight is 414 g/mol. The van der Waals surface area contributed by atoms with E-state index < -0.39 is 10.0 Å². The molecular weight excluding hydrogens is 392 g/mol. The number of hydrogen-bond acceptors (Lipinski definition) is 5. The Morgan fingerprint density at radius 3 is 2.76 bits per heavy atom. The van der Waals surface area contributed by atoms with Crippen LogP contribution in [0, 0.1) is 6.92 Å². The van der Waals surface area contributed by atoms with Crippen molar-refractivity contribution in [1.82, 2.24) is 19.4 Å². The van der Waals surface area contributed by atoms with E-state index in [0.717, 1.165) is 16.9 Å². The molecule has 1 amide bonds. The van der Waals surface area contributed by atoms with Crippen LogP contribution in [-0.4, -0.2) is 35.6 Å². The first-order valence-corrected chi connectivity index (χ1v) is 10.7. The Morgan fingerprint density at radius 2 is 2.07 bits per heavy atom. The smallest absolute Gasteiger partial charge is 0.257 e. The summed E-state index contributed by atoms with van der Waals surface area (Å²) in [6.45, 7) is 2.84. The fourth-order valence-electron chi connectivity index (χ4n) is 3.42. The van der Waals surface area contributed by atoms with Crippen LogP contribution in [0.2, 0.25) is 0 Å². The first-order chi connectivity index (χ1) is 13.8. The van der Waals surface area contributed by atoms with Gasteiger partial charge in [-0.2, -0.15) is 5.10 Å². The van der Waals surface area contributed by atoms with Crippen molar-refractivity contribution in [3.05, 3.63) is 70.9 Å². The summed E-state index contributed by atoms with van der Waals surface area (Å²) in [6.07, 6.45) is 3.90. The molecule has 0 radical (unpaired) electrons. The van der Waals surface area contributed by atoms with Gasteiger partial charge in [0.15, 0.2) is 0 Å². The minimum Gasteiger partial charge on any atom is -0.465 e. The molecule has 0 bridgehead atoms. The van der Waals surface area contributed by atoms with Crippen LogP contribution >= 0.6 is 0 Å². The zero-order valence-corrected chi connectivity index (χ0v) is 17.1. The van der Waals surface area contributed by atoms with Crippen molar-refractivity contribution in [2.24, 2.45) is 7.05 Å². The summed E-state index contributed by atoms with van der Waals surface area (Å²) >= 11 is 0. The van der Waals surface area contributed by atoms with Gasteiger partial charge in [0, 0.05) is 26.3 Å². The number of fused-ring (bicyclic) bond motifs is 1. The first-order valence-electron chi connectivity index (χ1n) is 9.26. The van der Waals surface area contributed by atoms with Crippen LogP contribution in [0.3, 0.4) is 0 Å². The third kappa shape index (κ3) is 4.10. The summed E-state index contributed by atoms with van der Waals surface area (Å²) in [5, 5.41) is 4.04. The van der Waals surface area contributed by atoms with Crippen LogP contribution in [0.15, 0.2) is 52.0 Å². The third-order valence-electron chi connectivity index (χ3n) is 4.97. The fourth-order valence-corrected chi connectivity index (χ4v) is 4.46. The largest absolute Gasteiger partial charge is 0.465 e. The van der Waals surface area contributed by atoms with Crippen LogP contribution in [-0.2, 0) is 36.6 Å². The molecule has 0 saturated heterocycles. The number of furan rings is 1. The van der Waals surface area contributed by atoms with E-state index in [4.69, 9.17) is 4.42 Å². The van der Waals surface area contributed by atoms with Crippen molar-refractivity contribution >= 4 is 15.9 Å². The number of aryl methyl sites for hydroxylation is 2. The molecule has 0 spiro atoms. The van der Waals surface area contributed by atoms with E-state index in [1.165, 1.54) is 0 Å². The van der Waals surface area contributed by atoms with Crippen LogP contribution in [0.25, 0.3) is 0 Å². The molecule has 1 aromatic carbocycles. The average Bonchev–Trinajstić information content (AvgIpc) is 3.33. The van der Waals surface area contributed by atoms with Crippen molar-refractivity contribution < 1.29 is 17.6 Å². The molecule has 152 valence electrons. The first kappa shape index (κ1) is 19.4. The lowest BCUT2D eigenvalue weighted by atomic mass is 9.99. The molecule has 0 unspecified atom stereocenters. The van der Waals surface area contributed by atoms with E-state index in [-0.39, 0.29) is 17.3 Å². The molecule has 9 heteroatoms. The molecule has 8 nitrogen and oxygen atoms in total. The summed E-state index contributed by atoms with van der Waals surface area (Å²) in [5.74, 6) is 1.17. The van der Waals surface area contributed by atoms with E-state index >= 15 is 0 Å². The van der Waals surface area contributed by atoms with Crippen LogP contribution in [0.4, 0.5) is 0 Å². The van der Waals surface area contributed by atoms with E-state index in [9.17, 15) is 13.2 Å². The number of sulfonamides is 1. The highest BCUT2D eigenvalue weighted by molar-refractivity contribution is 7.89. The number of benzene rings is 1. The Balaban J connectivity index is 1.51. The van der Waals surface area contributed by atoms with Crippen LogP contribution < -0.4 is 4.72 Å². The number of aromatic nitrogens is 2. The second kappa shape index (κ2) is 7.49. The number of carbonyl (C=O) groups is 1. The summed E-state index contributed by atoms with van der Waals surface area (Å²) in [5.41, 5.74) is 2.42. The maximum Gasteiger partial charge on any atom is 0.257 e. The zero-order chi connectivity index (χ0) is 20.6. The van der Waals surface area contributed by atoms with Gasteiger partial charge >= 0.3 is 0 Å². The van der Waals surface area contributed by atoms with Crippen molar-refractivity contribution in [3.8, 4) is 0 Å². The number of carbonyl (C=O) groups excluding carboxylic acids is 1. The number of nitrogens with one attached hydrogen (secondary N) is 1. The van der Waals surface area contributed by atoms with Gasteiger partial charge < -0.3 is 9.32 Å². The van der Waals surface area contributed by atoms with E-state index in [2.05, 4.69) is 9.82 Å². The molecule has 4 rings (SSSR count). The monoisotopic (exact) mass is 414 g/mol. The molecule has 0 fully saturated rings. The van der Waals surface area contributed by atoms with Gasteiger partial charge in [-0.05, 0) is 48.7 Å². The Morgan fingerprint density at radius 1 is 1.24 bits per heavy atom. The number of amides is 1. The second-order valence-corrected chi connectivity index (χ2v) is 8.91. The maximum atomic E-state index is 12.7. The lowest BCUT2D eigenvalue weighted by Gasteiger charge is -2.29. The molecule has 0 saturated carbocycles. The molecular formula is C20H22N4O4S. The lowest BCUT2D eigenvalue weighted by molar-refractivity contribution is 0.0734. The molecule has 2 aromatic heterocycles. The fraction of sp³-hybridized carbons (Fsp3) is 0.300. The van der Waals surface area contributed by atoms with Gasteiger partial charge in [0.2, 0.25) is 10.0 Å². The maximum absolute atomic E-state index is 12.7. The molecule has 3 aromatic rings. The predicted octanol–water partition coefficient (Wildman–Crippen LogP) is 2.00. The van der Waals surface area contributed by atoms with Crippen molar-refractivity contribution in [2.45, 2.75) is 31.3 Å². The second-order valence-electron chi connectivity index (χ2n) is 7.15. The predicted molar refractivity (Wildman–Crippen MR) is 106 cm³/mol. The van der Waals surface area contributed by atoms with Gasteiger partial charge in [0.05, 0.1) is 23.2 Å². The Labute approximate surface area is 169 Å². The SMILES string of the molecule is Cc1ccc(CNS(=O)(=O)c2ccc3c(c2)CN(C(=O)c2cnn(C)c2)CC3)o1. The van der Waals surface area contributed by atoms with Crippen molar-refractivity contribution in [2.75, 3.05) is 6.54 Å². The molecule has 1 aliphatic heterocycles. The molecule has 0 aliphatic carbocycles. The highest BCUT2D eigenvalue weighted by atomic mass is 32.2. The standard InChI is InChI=1S/C20H22N4O4S/c1-14-3-5-18(28-14)11-22-29(26,27)19-6-4-15-7-8-24(13-16(15)9-19)20(25)17-10-21-23(2)12-17/h3-6,9-10,12,22H,7-8,11,13H2,1-2H3. The molecule has 1 aliphatic rings. The molecule has 29 heavy (non-hydrogen) atoms. The highest BCUT2D eigenvalue weighted by Gasteiger charge is 2.24. The lowest BCUT2D eigenvalue weighted by Crippen LogP contribution is -2.36. The third-order valence-corrected chi connectivity index (χ3v) is 6.37. The van der Waals surface area contributed by atoms with Gasteiger partial charge in [-0.1, -0.05) is 6.07 Å². The topological polar surface area (TPSA) is 97.4 Å². The number of hydrogen-bond donors (Lipinski definition) is 1. The van der Waals surface area contributed by atoms with Gasteiger partial charge in [-0.15, -0.1) is 0 Å². The molecule has 0 atom stereocenters. The summed E-state index contributed by atoms with van der Waals surface area (Å²) < 4.78 is 34.9. The van der Waals surface area contributed by atoms with Crippen LogP contribution in [0.1, 0.15) is 33.0 Å². The minimum absolute atomic E-state index is 0.0822. The van der Waals surface area contributed by atoms with Crippen LogP contribution in [0.5, 0.6) is 0 Å². The normalized spacial score (nSPS) is 14.1. The quantitative estimate of drug-likeness (QED) is 0.689. The number of nitrogens with zero attached hydrogens (tertiary/aromatic N) is 3. The Kier molecular flexibility index (Phi) is 5.01. The van der Waals surface area contributed by atoms with Gasteiger partial charge in [0.1, 0.15) is 11.5 Å². The van der Waals surface area contributed by atoms with Gasteiger partial charge in [0.25, 0.3) is 5.91 Å². The summed E-state index contributed by atoms with van der Waals surface area (Å²) in [4.78, 5) is 14.6. The van der Waals surface area contributed by atoms with E-state index in [1.807, 2.05) is 6.07 Å².